The summed E-state index contributed by atoms with van der Waals surface area (Å²) in [7, 11) is 0. The Labute approximate surface area is 169 Å². The summed E-state index contributed by atoms with van der Waals surface area (Å²) >= 11 is 1.96. The van der Waals surface area contributed by atoms with Gasteiger partial charge >= 0.3 is 0 Å². The normalized spacial score (nSPS) is 18.9. The lowest BCUT2D eigenvalue weighted by atomic mass is 9.94. The van der Waals surface area contributed by atoms with E-state index in [1.807, 2.05) is 11.8 Å². The van der Waals surface area contributed by atoms with E-state index >= 15 is 0 Å². The lowest BCUT2D eigenvalue weighted by Gasteiger charge is -2.23. The van der Waals surface area contributed by atoms with Crippen LogP contribution in [0, 0.1) is 17.8 Å². The van der Waals surface area contributed by atoms with Gasteiger partial charge in [-0.25, -0.2) is 0 Å². The average Bonchev–Trinajstić information content (AvgIpc) is 3.13. The van der Waals surface area contributed by atoms with Crippen molar-refractivity contribution in [3.05, 3.63) is 30.3 Å². The van der Waals surface area contributed by atoms with Crippen molar-refractivity contribution in [2.45, 2.75) is 44.9 Å². The molecule has 0 spiro atoms. The van der Waals surface area contributed by atoms with E-state index in [-0.39, 0.29) is 6.61 Å². The number of likely N-dealkylation sites (tertiary alicyclic amines) is 1. The summed E-state index contributed by atoms with van der Waals surface area (Å²) in [6.45, 7) is 10.7. The molecule has 1 saturated heterocycles. The van der Waals surface area contributed by atoms with Gasteiger partial charge in [-0.15, -0.1) is 11.8 Å². The van der Waals surface area contributed by atoms with E-state index in [0.717, 1.165) is 45.0 Å². The predicted molar refractivity (Wildman–Crippen MR) is 117 cm³/mol. The third-order valence-electron chi connectivity index (χ3n) is 4.99. The van der Waals surface area contributed by atoms with Crippen LogP contribution in [0.2, 0.25) is 0 Å². The minimum atomic E-state index is 0.256. The molecule has 27 heavy (non-hydrogen) atoms. The van der Waals surface area contributed by atoms with Crippen molar-refractivity contribution < 1.29 is 5.11 Å². The fraction of sp³-hybridized carbons (Fsp3) is 0.682. The Morgan fingerprint density at radius 1 is 1.33 bits per heavy atom. The first kappa shape index (κ1) is 22.1. The molecule has 1 heterocycles. The first-order valence-electron chi connectivity index (χ1n) is 10.4. The number of nitrogens with zero attached hydrogens (tertiary/aromatic N) is 2. The molecule has 0 amide bonds. The first-order chi connectivity index (χ1) is 13.1. The van der Waals surface area contributed by atoms with Crippen LogP contribution in [0.3, 0.4) is 0 Å². The molecule has 0 aliphatic carbocycles. The van der Waals surface area contributed by atoms with Crippen LogP contribution in [-0.2, 0) is 0 Å². The molecule has 1 aliphatic rings. The molecule has 152 valence electrons. The summed E-state index contributed by atoms with van der Waals surface area (Å²) in [6.07, 6.45) is 3.20. The summed E-state index contributed by atoms with van der Waals surface area (Å²) in [5.41, 5.74) is 0. The highest BCUT2D eigenvalue weighted by molar-refractivity contribution is 7.99. The van der Waals surface area contributed by atoms with Crippen LogP contribution in [0.5, 0.6) is 0 Å². The van der Waals surface area contributed by atoms with E-state index in [9.17, 15) is 5.11 Å². The fourth-order valence-electron chi connectivity index (χ4n) is 3.67. The van der Waals surface area contributed by atoms with Crippen LogP contribution in [0.15, 0.2) is 40.2 Å². The Hall–Kier alpha value is -1.20. The van der Waals surface area contributed by atoms with Crippen LogP contribution in [0.4, 0.5) is 0 Å². The maximum atomic E-state index is 9.34. The van der Waals surface area contributed by atoms with Gasteiger partial charge in [-0.05, 0) is 56.1 Å². The number of thioether (sulfide) groups is 1. The number of guanidine groups is 1. The number of aliphatic imine (C=N–C) groups is 1. The van der Waals surface area contributed by atoms with Gasteiger partial charge in [0.2, 0.25) is 0 Å². The van der Waals surface area contributed by atoms with E-state index in [1.165, 1.54) is 17.1 Å². The highest BCUT2D eigenvalue weighted by Gasteiger charge is 2.25. The summed E-state index contributed by atoms with van der Waals surface area (Å²) in [5.74, 6) is 4.04. The molecule has 2 N–H and O–H groups in total. The Morgan fingerprint density at radius 3 is 2.78 bits per heavy atom. The maximum absolute atomic E-state index is 9.34. The van der Waals surface area contributed by atoms with E-state index in [0.29, 0.717) is 17.8 Å². The molecule has 4 nitrogen and oxygen atoms in total. The number of hydrogen-bond acceptors (Lipinski definition) is 3. The largest absolute Gasteiger partial charge is 0.396 e. The molecule has 2 rings (SSSR count). The minimum absolute atomic E-state index is 0.256. The molecule has 0 aromatic heterocycles. The lowest BCUT2D eigenvalue weighted by Crippen LogP contribution is -2.40. The Kier molecular flexibility index (Phi) is 10.1. The van der Waals surface area contributed by atoms with Gasteiger partial charge in [-0.3, -0.25) is 4.99 Å². The summed E-state index contributed by atoms with van der Waals surface area (Å²) < 4.78 is 0. The van der Waals surface area contributed by atoms with Gasteiger partial charge in [0, 0.05) is 43.4 Å². The number of hydrogen-bond donors (Lipinski definition) is 2. The molecule has 1 aromatic carbocycles. The Balaban J connectivity index is 1.87. The monoisotopic (exact) mass is 391 g/mol. The minimum Gasteiger partial charge on any atom is -0.396 e. The third-order valence-corrected chi connectivity index (χ3v) is 6.23. The second kappa shape index (κ2) is 12.3. The van der Waals surface area contributed by atoms with Crippen LogP contribution < -0.4 is 5.32 Å². The molecule has 5 heteroatoms. The highest BCUT2D eigenvalue weighted by atomic mass is 32.2. The van der Waals surface area contributed by atoms with Crippen molar-refractivity contribution in [3.63, 3.8) is 0 Å². The van der Waals surface area contributed by atoms with Crippen molar-refractivity contribution in [1.82, 2.24) is 10.2 Å². The molecule has 0 saturated carbocycles. The fourth-order valence-corrected chi connectivity index (χ4v) is 4.72. The van der Waals surface area contributed by atoms with E-state index in [4.69, 9.17) is 4.99 Å². The number of aliphatic hydroxyl groups is 1. The summed E-state index contributed by atoms with van der Waals surface area (Å²) in [4.78, 5) is 8.71. The molecular formula is C22H37N3OS. The second-order valence-electron chi connectivity index (χ2n) is 7.93. The van der Waals surface area contributed by atoms with Gasteiger partial charge in [0.25, 0.3) is 0 Å². The van der Waals surface area contributed by atoms with Gasteiger partial charge in [0.05, 0.1) is 0 Å². The summed E-state index contributed by atoms with van der Waals surface area (Å²) in [5, 5.41) is 12.8. The zero-order valence-corrected chi connectivity index (χ0v) is 18.0. The van der Waals surface area contributed by atoms with Crippen molar-refractivity contribution in [2.24, 2.45) is 22.7 Å². The van der Waals surface area contributed by atoms with Gasteiger partial charge in [0.15, 0.2) is 5.96 Å². The number of rotatable bonds is 10. The zero-order chi connectivity index (χ0) is 19.5. The van der Waals surface area contributed by atoms with Crippen LogP contribution in [-0.4, -0.2) is 54.5 Å². The predicted octanol–water partition coefficient (Wildman–Crippen LogP) is 4.11. The lowest BCUT2D eigenvalue weighted by molar-refractivity contribution is 0.245. The number of benzene rings is 1. The third kappa shape index (κ3) is 8.14. The smallest absolute Gasteiger partial charge is 0.193 e. The second-order valence-corrected chi connectivity index (χ2v) is 9.02. The Bertz CT molecular complexity index is 550. The molecule has 2 atom stereocenters. The molecule has 1 aromatic rings. The van der Waals surface area contributed by atoms with Crippen LogP contribution in [0.1, 0.15) is 40.0 Å². The first-order valence-corrected chi connectivity index (χ1v) is 11.4. The maximum Gasteiger partial charge on any atom is 0.193 e. The van der Waals surface area contributed by atoms with Gasteiger partial charge in [-0.1, -0.05) is 32.0 Å². The van der Waals surface area contributed by atoms with Crippen LogP contribution >= 0.6 is 11.8 Å². The van der Waals surface area contributed by atoms with Crippen molar-refractivity contribution in [3.8, 4) is 0 Å². The van der Waals surface area contributed by atoms with E-state index < -0.39 is 0 Å². The number of nitrogens with one attached hydrogen (secondary N) is 1. The van der Waals surface area contributed by atoms with Crippen molar-refractivity contribution in [1.29, 1.82) is 0 Å². The van der Waals surface area contributed by atoms with Crippen molar-refractivity contribution >= 4 is 17.7 Å². The van der Waals surface area contributed by atoms with E-state index in [2.05, 4.69) is 61.3 Å². The standard InChI is InChI=1S/C22H37N3OS/c1-4-23-22(24-15-19(11-13-26)14-18(2)3)25-12-10-20(16-25)17-27-21-8-6-5-7-9-21/h5-9,18-20,26H,4,10-17H2,1-3H3,(H,23,24). The van der Waals surface area contributed by atoms with Crippen LogP contribution in [0.25, 0.3) is 0 Å². The molecule has 1 fully saturated rings. The van der Waals surface area contributed by atoms with Gasteiger partial charge in [-0.2, -0.15) is 0 Å². The SMILES string of the molecule is CCNC(=NCC(CCO)CC(C)C)N1CCC(CSc2ccccc2)C1. The molecular weight excluding hydrogens is 354 g/mol. The van der Waals surface area contributed by atoms with Gasteiger partial charge in [0.1, 0.15) is 0 Å². The average molecular weight is 392 g/mol. The molecule has 0 radical (unpaired) electrons. The highest BCUT2D eigenvalue weighted by Crippen LogP contribution is 2.26. The Morgan fingerprint density at radius 2 is 2.11 bits per heavy atom. The summed E-state index contributed by atoms with van der Waals surface area (Å²) in [6, 6.07) is 10.7. The molecule has 0 bridgehead atoms. The van der Waals surface area contributed by atoms with E-state index in [1.54, 1.807) is 0 Å². The quantitative estimate of drug-likeness (QED) is 0.358. The zero-order valence-electron chi connectivity index (χ0n) is 17.2. The molecule has 2 unspecified atom stereocenters. The number of aliphatic hydroxyl groups excluding tert-OH is 1. The van der Waals surface area contributed by atoms with Crippen molar-refractivity contribution in [2.75, 3.05) is 38.5 Å². The topological polar surface area (TPSA) is 47.9 Å². The van der Waals surface area contributed by atoms with Gasteiger partial charge < -0.3 is 15.3 Å². The molecule has 1 aliphatic heterocycles.